The number of fused-ring (bicyclic) bond motifs is 1. The number of nitrogens with one attached hydrogen (secondary N) is 1. The fourth-order valence-electron chi connectivity index (χ4n) is 2.28. The summed E-state index contributed by atoms with van der Waals surface area (Å²) in [4.78, 5) is 19.1. The maximum absolute atomic E-state index is 10.6. The summed E-state index contributed by atoms with van der Waals surface area (Å²) in [5, 5.41) is 2.61. The zero-order valence-corrected chi connectivity index (χ0v) is 11.3. The first-order valence-electron chi connectivity index (χ1n) is 6.30. The Morgan fingerprint density at radius 2 is 2.10 bits per heavy atom. The van der Waals surface area contributed by atoms with Gasteiger partial charge in [-0.2, -0.15) is 0 Å². The lowest BCUT2D eigenvalue weighted by Gasteiger charge is -2.06. The zero-order chi connectivity index (χ0) is 14.1. The summed E-state index contributed by atoms with van der Waals surface area (Å²) < 4.78 is 1.97. The first-order valence-corrected chi connectivity index (χ1v) is 6.30. The third-order valence-electron chi connectivity index (χ3n) is 3.40. The summed E-state index contributed by atoms with van der Waals surface area (Å²) in [6, 6.07) is 5.93. The normalized spacial score (nSPS) is 10.7. The lowest BCUT2D eigenvalue weighted by molar-refractivity contribution is -0.105. The van der Waals surface area contributed by atoms with E-state index in [-0.39, 0.29) is 0 Å². The van der Waals surface area contributed by atoms with Gasteiger partial charge in [0, 0.05) is 29.7 Å². The molecule has 0 bridgehead atoms. The highest BCUT2D eigenvalue weighted by molar-refractivity contribution is 5.73. The number of nitrogens with zero attached hydrogens (tertiary/aromatic N) is 3. The van der Waals surface area contributed by atoms with Gasteiger partial charge in [0.25, 0.3) is 0 Å². The van der Waals surface area contributed by atoms with Crippen LogP contribution in [0.2, 0.25) is 0 Å². The highest BCUT2D eigenvalue weighted by atomic mass is 16.1. The molecule has 100 valence electrons. The number of anilines is 1. The second-order valence-corrected chi connectivity index (χ2v) is 4.64. The number of aromatic nitrogens is 3. The molecule has 0 atom stereocenters. The third kappa shape index (κ3) is 1.93. The van der Waals surface area contributed by atoms with Gasteiger partial charge in [-0.1, -0.05) is 0 Å². The van der Waals surface area contributed by atoms with Crippen molar-refractivity contribution in [3.63, 3.8) is 0 Å². The number of hydrogen-bond donors (Lipinski definition) is 1. The van der Waals surface area contributed by atoms with Crippen molar-refractivity contribution < 1.29 is 4.79 Å². The summed E-state index contributed by atoms with van der Waals surface area (Å²) in [6.45, 7) is 3.98. The van der Waals surface area contributed by atoms with Crippen molar-refractivity contribution in [3.05, 3.63) is 48.0 Å². The van der Waals surface area contributed by atoms with Crippen LogP contribution in [-0.2, 0) is 4.79 Å². The molecule has 0 aliphatic carbocycles. The van der Waals surface area contributed by atoms with Crippen molar-refractivity contribution in [2.45, 2.75) is 13.8 Å². The molecule has 3 rings (SSSR count). The minimum Gasteiger partial charge on any atom is -0.312 e. The average Bonchev–Trinajstić information content (AvgIpc) is 2.76. The molecule has 0 aromatic carbocycles. The number of hydrogen-bond acceptors (Lipinski definition) is 3. The molecule has 0 unspecified atom stereocenters. The van der Waals surface area contributed by atoms with E-state index in [0.717, 1.165) is 22.5 Å². The Morgan fingerprint density at radius 3 is 2.85 bits per heavy atom. The number of carbonyl (C=O) groups excluding carboxylic acids is 1. The maximum atomic E-state index is 10.6. The van der Waals surface area contributed by atoms with Crippen molar-refractivity contribution in [2.75, 3.05) is 5.32 Å². The van der Waals surface area contributed by atoms with Gasteiger partial charge in [0.1, 0.15) is 5.65 Å². The van der Waals surface area contributed by atoms with Crippen LogP contribution in [0.4, 0.5) is 5.82 Å². The van der Waals surface area contributed by atoms with E-state index in [9.17, 15) is 4.79 Å². The molecule has 0 saturated heterocycles. The second kappa shape index (κ2) is 4.77. The molecule has 0 spiro atoms. The molecule has 0 aliphatic heterocycles. The number of amides is 1. The van der Waals surface area contributed by atoms with Gasteiger partial charge in [-0.15, -0.1) is 0 Å². The predicted molar refractivity (Wildman–Crippen MR) is 77.6 cm³/mol. The molecule has 3 aromatic heterocycles. The summed E-state index contributed by atoms with van der Waals surface area (Å²) >= 11 is 0. The quantitative estimate of drug-likeness (QED) is 0.741. The molecular weight excluding hydrogens is 252 g/mol. The van der Waals surface area contributed by atoms with Crippen molar-refractivity contribution in [1.82, 2.24) is 14.4 Å². The fraction of sp³-hybridized carbons (Fsp3) is 0.133. The van der Waals surface area contributed by atoms with E-state index < -0.39 is 0 Å². The lowest BCUT2D eigenvalue weighted by Crippen LogP contribution is -1.96. The Kier molecular flexibility index (Phi) is 2.95. The van der Waals surface area contributed by atoms with Gasteiger partial charge >= 0.3 is 0 Å². The SMILES string of the molecule is Cc1ccncc1-c1ccc2nc(NC=O)c(C)n2c1. The number of pyridine rings is 2. The molecule has 3 aromatic rings. The third-order valence-corrected chi connectivity index (χ3v) is 3.40. The van der Waals surface area contributed by atoms with Gasteiger partial charge in [-0.05, 0) is 37.6 Å². The van der Waals surface area contributed by atoms with Crippen LogP contribution in [0.3, 0.4) is 0 Å². The van der Waals surface area contributed by atoms with Crippen LogP contribution in [-0.4, -0.2) is 20.8 Å². The van der Waals surface area contributed by atoms with E-state index in [1.807, 2.05) is 41.9 Å². The summed E-state index contributed by atoms with van der Waals surface area (Å²) in [6.07, 6.45) is 6.29. The van der Waals surface area contributed by atoms with Crippen molar-refractivity contribution in [1.29, 1.82) is 0 Å². The molecular formula is C15H14N4O. The van der Waals surface area contributed by atoms with E-state index in [1.54, 1.807) is 6.20 Å². The molecule has 1 N–H and O–H groups in total. The molecule has 5 nitrogen and oxygen atoms in total. The topological polar surface area (TPSA) is 59.3 Å². The van der Waals surface area contributed by atoms with Gasteiger partial charge in [0.05, 0.1) is 5.69 Å². The fourth-order valence-corrected chi connectivity index (χ4v) is 2.28. The van der Waals surface area contributed by atoms with Gasteiger partial charge in [0.15, 0.2) is 5.82 Å². The van der Waals surface area contributed by atoms with Gasteiger partial charge < -0.3 is 9.72 Å². The van der Waals surface area contributed by atoms with Crippen molar-refractivity contribution >= 4 is 17.9 Å². The Hall–Kier alpha value is -2.69. The maximum Gasteiger partial charge on any atom is 0.212 e. The first kappa shape index (κ1) is 12.3. The number of imidazole rings is 1. The molecule has 0 saturated carbocycles. The molecule has 1 amide bonds. The number of aryl methyl sites for hydroxylation is 2. The van der Waals surface area contributed by atoms with Crippen molar-refractivity contribution in [3.8, 4) is 11.1 Å². The van der Waals surface area contributed by atoms with E-state index in [1.165, 1.54) is 5.56 Å². The van der Waals surface area contributed by atoms with Crippen LogP contribution in [0.5, 0.6) is 0 Å². The van der Waals surface area contributed by atoms with Crippen molar-refractivity contribution in [2.24, 2.45) is 0 Å². The van der Waals surface area contributed by atoms with E-state index in [4.69, 9.17) is 0 Å². The molecule has 5 heteroatoms. The summed E-state index contributed by atoms with van der Waals surface area (Å²) in [7, 11) is 0. The highest BCUT2D eigenvalue weighted by Gasteiger charge is 2.09. The first-order chi connectivity index (χ1) is 9.70. The lowest BCUT2D eigenvalue weighted by atomic mass is 10.1. The minimum atomic E-state index is 0.583. The number of rotatable bonds is 3. The van der Waals surface area contributed by atoms with Gasteiger partial charge in [0.2, 0.25) is 6.41 Å². The van der Waals surface area contributed by atoms with Gasteiger partial charge in [-0.3, -0.25) is 9.78 Å². The standard InChI is InChI=1S/C15H14N4O/c1-10-5-6-16-7-13(10)12-3-4-14-18-15(17-9-20)11(2)19(14)8-12/h3-9H,1-2H3,(H,17,20). The van der Waals surface area contributed by atoms with Crippen LogP contribution < -0.4 is 5.32 Å². The largest absolute Gasteiger partial charge is 0.312 e. The van der Waals surface area contributed by atoms with Crippen LogP contribution in [0.15, 0.2) is 36.8 Å². The average molecular weight is 266 g/mol. The Morgan fingerprint density at radius 1 is 1.25 bits per heavy atom. The van der Waals surface area contributed by atoms with E-state index in [2.05, 4.69) is 22.2 Å². The Bertz CT molecular complexity index is 792. The zero-order valence-electron chi connectivity index (χ0n) is 11.3. The molecule has 3 heterocycles. The van der Waals surface area contributed by atoms with Crippen LogP contribution in [0.25, 0.3) is 16.8 Å². The highest BCUT2D eigenvalue weighted by Crippen LogP contribution is 2.24. The smallest absolute Gasteiger partial charge is 0.212 e. The van der Waals surface area contributed by atoms with Crippen LogP contribution in [0.1, 0.15) is 11.3 Å². The van der Waals surface area contributed by atoms with Crippen LogP contribution >= 0.6 is 0 Å². The minimum absolute atomic E-state index is 0.583. The second-order valence-electron chi connectivity index (χ2n) is 4.64. The Balaban J connectivity index is 2.18. The summed E-state index contributed by atoms with van der Waals surface area (Å²) in [5.74, 6) is 0.583. The molecule has 0 aliphatic rings. The van der Waals surface area contributed by atoms with E-state index >= 15 is 0 Å². The molecule has 0 fully saturated rings. The molecule has 0 radical (unpaired) electrons. The predicted octanol–water partition coefficient (Wildman–Crippen LogP) is 2.58. The monoisotopic (exact) mass is 266 g/mol. The Labute approximate surface area is 116 Å². The number of carbonyl (C=O) groups is 1. The summed E-state index contributed by atoms with van der Waals surface area (Å²) in [5.41, 5.74) is 5.03. The van der Waals surface area contributed by atoms with Crippen LogP contribution in [0, 0.1) is 13.8 Å². The molecule has 20 heavy (non-hydrogen) atoms. The van der Waals surface area contributed by atoms with Gasteiger partial charge in [-0.25, -0.2) is 4.98 Å². The van der Waals surface area contributed by atoms with E-state index in [0.29, 0.717) is 12.2 Å².